The van der Waals surface area contributed by atoms with Crippen molar-refractivity contribution >= 4 is 29.1 Å². The van der Waals surface area contributed by atoms with Crippen molar-refractivity contribution < 1.29 is 14.0 Å². The van der Waals surface area contributed by atoms with Crippen molar-refractivity contribution in [1.29, 1.82) is 0 Å². The molecule has 140 valence electrons. The zero-order valence-electron chi connectivity index (χ0n) is 15.3. The van der Waals surface area contributed by atoms with E-state index in [-0.39, 0.29) is 18.4 Å². The number of carbonyl (C=O) groups excluding carboxylic acids is 2. The summed E-state index contributed by atoms with van der Waals surface area (Å²) in [6, 6.07) is 14.9. The van der Waals surface area contributed by atoms with Crippen LogP contribution in [0.4, 0.5) is 0 Å². The summed E-state index contributed by atoms with van der Waals surface area (Å²) in [6.45, 7) is 2.21. The number of benzene rings is 1. The summed E-state index contributed by atoms with van der Waals surface area (Å²) in [5.74, 6) is 0.704. The first kappa shape index (κ1) is 18.3. The van der Waals surface area contributed by atoms with Crippen LogP contribution in [0.5, 0.6) is 0 Å². The molecule has 1 aliphatic heterocycles. The molecule has 0 spiro atoms. The first-order valence-electron chi connectivity index (χ1n) is 8.85. The van der Waals surface area contributed by atoms with E-state index < -0.39 is 0 Å². The van der Waals surface area contributed by atoms with Crippen LogP contribution in [0, 0.1) is 6.92 Å². The van der Waals surface area contributed by atoms with E-state index in [9.17, 15) is 9.59 Å². The quantitative estimate of drug-likeness (QED) is 0.591. The molecule has 0 saturated carbocycles. The number of pyridine rings is 1. The number of rotatable bonds is 6. The number of aromatic nitrogens is 1. The molecule has 5 nitrogen and oxygen atoms in total. The summed E-state index contributed by atoms with van der Waals surface area (Å²) in [4.78, 5) is 32.0. The third-order valence-corrected chi connectivity index (χ3v) is 5.59. The molecule has 3 aromatic rings. The fraction of sp³-hybridized carbons (Fsp3) is 0.136. The molecule has 4 rings (SSSR count). The van der Waals surface area contributed by atoms with Crippen molar-refractivity contribution in [3.8, 4) is 0 Å². The minimum Gasteiger partial charge on any atom is -0.468 e. The predicted octanol–water partition coefficient (Wildman–Crippen LogP) is 4.20. The average Bonchev–Trinajstić information content (AvgIpc) is 3.30. The van der Waals surface area contributed by atoms with Gasteiger partial charge in [-0.05, 0) is 42.3 Å². The lowest BCUT2D eigenvalue weighted by Crippen LogP contribution is -2.30. The second-order valence-electron chi connectivity index (χ2n) is 6.49. The Hall–Kier alpha value is -3.12. The molecule has 3 heterocycles. The van der Waals surface area contributed by atoms with Crippen LogP contribution >= 0.6 is 11.8 Å². The van der Waals surface area contributed by atoms with Gasteiger partial charge in [-0.25, -0.2) is 0 Å². The Balaban J connectivity index is 1.67. The van der Waals surface area contributed by atoms with E-state index in [1.165, 1.54) is 16.7 Å². The SMILES string of the molecule is Cc1ccc(C2=C(SCc3ccco3)C(=O)N(Cc3ccncc3)C2=O)cc1. The van der Waals surface area contributed by atoms with E-state index in [2.05, 4.69) is 4.98 Å². The van der Waals surface area contributed by atoms with Gasteiger partial charge in [0.15, 0.2) is 0 Å². The number of thioether (sulfide) groups is 1. The molecule has 0 N–H and O–H groups in total. The van der Waals surface area contributed by atoms with E-state index >= 15 is 0 Å². The second kappa shape index (κ2) is 7.86. The standard InChI is InChI=1S/C22H18N2O3S/c1-15-4-6-17(7-5-15)19-20(28-14-18-3-2-12-27-18)22(26)24(21(19)25)13-16-8-10-23-11-9-16/h2-12H,13-14H2,1H3. The first-order valence-corrected chi connectivity index (χ1v) is 9.83. The van der Waals surface area contributed by atoms with Crippen LogP contribution in [0.3, 0.4) is 0 Å². The number of furan rings is 1. The molecule has 0 atom stereocenters. The summed E-state index contributed by atoms with van der Waals surface area (Å²) in [5.41, 5.74) is 3.16. The lowest BCUT2D eigenvalue weighted by molar-refractivity contribution is -0.137. The monoisotopic (exact) mass is 390 g/mol. The van der Waals surface area contributed by atoms with Crippen molar-refractivity contribution in [3.63, 3.8) is 0 Å². The zero-order valence-corrected chi connectivity index (χ0v) is 16.1. The van der Waals surface area contributed by atoms with Crippen molar-refractivity contribution in [2.24, 2.45) is 0 Å². The first-order chi connectivity index (χ1) is 13.6. The van der Waals surface area contributed by atoms with Crippen molar-refractivity contribution in [1.82, 2.24) is 9.88 Å². The number of amides is 2. The highest BCUT2D eigenvalue weighted by molar-refractivity contribution is 8.03. The van der Waals surface area contributed by atoms with Gasteiger partial charge in [0, 0.05) is 12.4 Å². The van der Waals surface area contributed by atoms with E-state index in [1.54, 1.807) is 30.8 Å². The Morgan fingerprint density at radius 1 is 1.00 bits per heavy atom. The molecular formula is C22H18N2O3S. The number of hydrogen-bond donors (Lipinski definition) is 0. The van der Waals surface area contributed by atoms with Gasteiger partial charge in [0.05, 0.1) is 29.0 Å². The van der Waals surface area contributed by atoms with E-state index in [0.717, 1.165) is 22.5 Å². The van der Waals surface area contributed by atoms with Crippen molar-refractivity contribution in [3.05, 3.63) is 94.5 Å². The van der Waals surface area contributed by atoms with Crippen LogP contribution in [0.25, 0.3) is 5.57 Å². The molecule has 1 aromatic carbocycles. The van der Waals surface area contributed by atoms with Gasteiger partial charge in [0.2, 0.25) is 0 Å². The Kier molecular flexibility index (Phi) is 5.12. The third kappa shape index (κ3) is 3.64. The predicted molar refractivity (Wildman–Crippen MR) is 108 cm³/mol. The molecule has 0 saturated heterocycles. The maximum atomic E-state index is 13.2. The molecule has 28 heavy (non-hydrogen) atoms. The Morgan fingerprint density at radius 3 is 2.43 bits per heavy atom. The van der Waals surface area contributed by atoms with Gasteiger partial charge in [-0.1, -0.05) is 29.8 Å². The fourth-order valence-corrected chi connectivity index (χ4v) is 4.05. The Labute approximate surface area is 167 Å². The van der Waals surface area contributed by atoms with Crippen LogP contribution in [0.1, 0.15) is 22.5 Å². The summed E-state index contributed by atoms with van der Waals surface area (Å²) < 4.78 is 5.37. The highest BCUT2D eigenvalue weighted by Gasteiger charge is 2.39. The molecule has 0 aliphatic carbocycles. The molecule has 6 heteroatoms. The maximum Gasteiger partial charge on any atom is 0.268 e. The molecule has 2 aromatic heterocycles. The van der Waals surface area contributed by atoms with Gasteiger partial charge < -0.3 is 4.42 Å². The van der Waals surface area contributed by atoms with Crippen LogP contribution in [-0.2, 0) is 21.9 Å². The summed E-state index contributed by atoms with van der Waals surface area (Å²) in [6.07, 6.45) is 4.91. The fourth-order valence-electron chi connectivity index (χ4n) is 3.01. The van der Waals surface area contributed by atoms with Crippen LogP contribution in [0.2, 0.25) is 0 Å². The molecule has 1 aliphatic rings. The number of carbonyl (C=O) groups is 2. The van der Waals surface area contributed by atoms with Crippen molar-refractivity contribution in [2.75, 3.05) is 0 Å². The van der Waals surface area contributed by atoms with E-state index in [0.29, 0.717) is 16.2 Å². The second-order valence-corrected chi connectivity index (χ2v) is 7.48. The smallest absolute Gasteiger partial charge is 0.268 e. The lowest BCUT2D eigenvalue weighted by Gasteiger charge is -2.15. The van der Waals surface area contributed by atoms with Crippen LogP contribution in [-0.4, -0.2) is 21.7 Å². The molecule has 0 unspecified atom stereocenters. The minimum atomic E-state index is -0.271. The summed E-state index contributed by atoms with van der Waals surface area (Å²) in [5, 5.41) is 0. The topological polar surface area (TPSA) is 63.4 Å². The lowest BCUT2D eigenvalue weighted by atomic mass is 10.0. The number of nitrogens with zero attached hydrogens (tertiary/aromatic N) is 2. The van der Waals surface area contributed by atoms with Gasteiger partial charge in [0.25, 0.3) is 11.8 Å². The normalized spacial score (nSPS) is 14.2. The van der Waals surface area contributed by atoms with Gasteiger partial charge >= 0.3 is 0 Å². The molecule has 2 amide bonds. The Morgan fingerprint density at radius 2 is 1.75 bits per heavy atom. The zero-order chi connectivity index (χ0) is 19.5. The largest absolute Gasteiger partial charge is 0.468 e. The van der Waals surface area contributed by atoms with Gasteiger partial charge in [-0.2, -0.15) is 0 Å². The van der Waals surface area contributed by atoms with Gasteiger partial charge in [-0.3, -0.25) is 19.5 Å². The Bertz CT molecular complexity index is 1030. The van der Waals surface area contributed by atoms with Crippen LogP contribution < -0.4 is 0 Å². The van der Waals surface area contributed by atoms with Gasteiger partial charge in [-0.15, -0.1) is 11.8 Å². The van der Waals surface area contributed by atoms with Gasteiger partial charge in [0.1, 0.15) is 5.76 Å². The van der Waals surface area contributed by atoms with E-state index in [4.69, 9.17) is 4.42 Å². The highest BCUT2D eigenvalue weighted by Crippen LogP contribution is 2.38. The molecule has 0 radical (unpaired) electrons. The third-order valence-electron chi connectivity index (χ3n) is 4.49. The van der Waals surface area contributed by atoms with Crippen LogP contribution in [0.15, 0.2) is 76.5 Å². The maximum absolute atomic E-state index is 13.2. The van der Waals surface area contributed by atoms with Crippen molar-refractivity contribution in [2.45, 2.75) is 19.2 Å². The van der Waals surface area contributed by atoms with E-state index in [1.807, 2.05) is 43.3 Å². The summed E-state index contributed by atoms with van der Waals surface area (Å²) in [7, 11) is 0. The number of aryl methyl sites for hydroxylation is 1. The molecule has 0 fully saturated rings. The molecular weight excluding hydrogens is 372 g/mol. The number of imide groups is 1. The minimum absolute atomic E-state index is 0.223. The summed E-state index contributed by atoms with van der Waals surface area (Å²) >= 11 is 1.34. The highest BCUT2D eigenvalue weighted by atomic mass is 32.2. The average molecular weight is 390 g/mol. The molecule has 0 bridgehead atoms. The number of hydrogen-bond acceptors (Lipinski definition) is 5.